The molecule has 2 amide bonds. The summed E-state index contributed by atoms with van der Waals surface area (Å²) in [7, 11) is 0. The van der Waals surface area contributed by atoms with Gasteiger partial charge in [0.2, 0.25) is 5.91 Å². The second-order valence-corrected chi connectivity index (χ2v) is 5.09. The lowest BCUT2D eigenvalue weighted by Gasteiger charge is -2.34. The van der Waals surface area contributed by atoms with Gasteiger partial charge < -0.3 is 10.1 Å². The average molecular weight is 279 g/mol. The van der Waals surface area contributed by atoms with E-state index in [0.717, 1.165) is 25.8 Å². The number of aromatic amines is 1. The molecule has 110 valence electrons. The highest BCUT2D eigenvalue weighted by Crippen LogP contribution is 2.18. The van der Waals surface area contributed by atoms with Crippen molar-refractivity contribution in [2.24, 2.45) is 0 Å². The number of aliphatic hydroxyl groups excluding tert-OH is 1. The number of hydrogen-bond donors (Lipinski definition) is 3. The SMILES string of the molecule is O=C(CN1CCCCC1CCO)NC(=O)c1ccc[nH]1. The molecule has 2 heterocycles. The maximum absolute atomic E-state index is 11.9. The van der Waals surface area contributed by atoms with E-state index in [4.69, 9.17) is 5.11 Å². The summed E-state index contributed by atoms with van der Waals surface area (Å²) in [6.45, 7) is 1.18. The van der Waals surface area contributed by atoms with Crippen molar-refractivity contribution in [3.63, 3.8) is 0 Å². The van der Waals surface area contributed by atoms with Gasteiger partial charge in [-0.1, -0.05) is 6.42 Å². The Kier molecular flexibility index (Phi) is 5.31. The third-order valence-corrected chi connectivity index (χ3v) is 3.65. The van der Waals surface area contributed by atoms with E-state index in [9.17, 15) is 9.59 Å². The van der Waals surface area contributed by atoms with Gasteiger partial charge in [0.25, 0.3) is 5.91 Å². The summed E-state index contributed by atoms with van der Waals surface area (Å²) in [6, 6.07) is 3.57. The van der Waals surface area contributed by atoms with Crippen molar-refractivity contribution >= 4 is 11.8 Å². The molecular weight excluding hydrogens is 258 g/mol. The first-order chi connectivity index (χ1) is 9.70. The van der Waals surface area contributed by atoms with Crippen LogP contribution in [0.4, 0.5) is 0 Å². The third kappa shape index (κ3) is 3.91. The van der Waals surface area contributed by atoms with Gasteiger partial charge in [0.1, 0.15) is 5.69 Å². The van der Waals surface area contributed by atoms with Gasteiger partial charge in [-0.05, 0) is 37.9 Å². The number of aliphatic hydroxyl groups is 1. The minimum absolute atomic E-state index is 0.129. The van der Waals surface area contributed by atoms with E-state index in [2.05, 4.69) is 15.2 Å². The molecule has 1 aliphatic rings. The lowest BCUT2D eigenvalue weighted by Crippen LogP contribution is -2.47. The smallest absolute Gasteiger partial charge is 0.274 e. The number of likely N-dealkylation sites (tertiary alicyclic amines) is 1. The number of carbonyl (C=O) groups is 2. The molecule has 20 heavy (non-hydrogen) atoms. The molecule has 0 saturated carbocycles. The molecule has 0 radical (unpaired) electrons. The molecule has 1 aliphatic heterocycles. The van der Waals surface area contributed by atoms with Gasteiger partial charge in [-0.15, -0.1) is 0 Å². The van der Waals surface area contributed by atoms with E-state index < -0.39 is 5.91 Å². The van der Waals surface area contributed by atoms with Crippen molar-refractivity contribution in [3.8, 4) is 0 Å². The fourth-order valence-electron chi connectivity index (χ4n) is 2.63. The van der Waals surface area contributed by atoms with Crippen LogP contribution in [0, 0.1) is 0 Å². The van der Waals surface area contributed by atoms with Crippen LogP contribution in [-0.4, -0.2) is 52.5 Å². The molecule has 0 aromatic carbocycles. The molecule has 6 nitrogen and oxygen atoms in total. The summed E-state index contributed by atoms with van der Waals surface area (Å²) in [5.41, 5.74) is 0.379. The topological polar surface area (TPSA) is 85.4 Å². The standard InChI is InChI=1S/C14H21N3O3/c18-9-6-11-4-1-2-8-17(11)10-13(19)16-14(20)12-5-3-7-15-12/h3,5,7,11,15,18H,1-2,4,6,8-10H2,(H,16,19,20). The van der Waals surface area contributed by atoms with Crippen LogP contribution in [0.3, 0.4) is 0 Å². The van der Waals surface area contributed by atoms with Crippen LogP contribution in [0.15, 0.2) is 18.3 Å². The summed E-state index contributed by atoms with van der Waals surface area (Å²) in [5, 5.41) is 11.4. The fraction of sp³-hybridized carbons (Fsp3) is 0.571. The van der Waals surface area contributed by atoms with Gasteiger partial charge >= 0.3 is 0 Å². The van der Waals surface area contributed by atoms with E-state index in [1.165, 1.54) is 0 Å². The Bertz CT molecular complexity index is 443. The molecule has 1 fully saturated rings. The molecule has 1 atom stereocenters. The Hall–Kier alpha value is -1.66. The quantitative estimate of drug-likeness (QED) is 0.733. The highest BCUT2D eigenvalue weighted by Gasteiger charge is 2.24. The van der Waals surface area contributed by atoms with Gasteiger partial charge in [0.15, 0.2) is 0 Å². The Balaban J connectivity index is 1.85. The van der Waals surface area contributed by atoms with Crippen LogP contribution < -0.4 is 5.32 Å². The Labute approximate surface area is 118 Å². The molecule has 1 saturated heterocycles. The second-order valence-electron chi connectivity index (χ2n) is 5.09. The molecule has 2 rings (SSSR count). The number of carbonyl (C=O) groups excluding carboxylic acids is 2. The summed E-state index contributed by atoms with van der Waals surface area (Å²) in [6.07, 6.45) is 5.50. The number of amides is 2. The van der Waals surface area contributed by atoms with Gasteiger partial charge in [-0.3, -0.25) is 19.8 Å². The Morgan fingerprint density at radius 2 is 2.30 bits per heavy atom. The molecule has 1 aromatic rings. The van der Waals surface area contributed by atoms with Gasteiger partial charge in [-0.2, -0.15) is 0 Å². The summed E-state index contributed by atoms with van der Waals surface area (Å²) in [5.74, 6) is -0.704. The van der Waals surface area contributed by atoms with Crippen LogP contribution >= 0.6 is 0 Å². The number of imide groups is 1. The first kappa shape index (κ1) is 14.7. The number of rotatable bonds is 5. The van der Waals surface area contributed by atoms with Gasteiger partial charge in [0.05, 0.1) is 6.54 Å². The summed E-state index contributed by atoms with van der Waals surface area (Å²) >= 11 is 0. The summed E-state index contributed by atoms with van der Waals surface area (Å²) < 4.78 is 0. The van der Waals surface area contributed by atoms with Crippen molar-refractivity contribution in [1.82, 2.24) is 15.2 Å². The van der Waals surface area contributed by atoms with E-state index >= 15 is 0 Å². The van der Waals surface area contributed by atoms with Crippen LogP contribution in [0.25, 0.3) is 0 Å². The second kappa shape index (κ2) is 7.21. The zero-order valence-corrected chi connectivity index (χ0v) is 11.5. The first-order valence-corrected chi connectivity index (χ1v) is 7.03. The molecule has 0 aliphatic carbocycles. The number of piperidine rings is 1. The summed E-state index contributed by atoms with van der Waals surface area (Å²) in [4.78, 5) is 28.5. The van der Waals surface area contributed by atoms with Crippen molar-refractivity contribution in [1.29, 1.82) is 0 Å². The average Bonchev–Trinajstić information content (AvgIpc) is 2.95. The van der Waals surface area contributed by atoms with Gasteiger partial charge in [-0.25, -0.2) is 0 Å². The number of aromatic nitrogens is 1. The highest BCUT2D eigenvalue weighted by atomic mass is 16.3. The molecular formula is C14H21N3O3. The maximum atomic E-state index is 11.9. The largest absolute Gasteiger partial charge is 0.396 e. The fourth-order valence-corrected chi connectivity index (χ4v) is 2.63. The van der Waals surface area contributed by atoms with Crippen LogP contribution in [0.5, 0.6) is 0 Å². The van der Waals surface area contributed by atoms with Crippen LogP contribution in [0.1, 0.15) is 36.2 Å². The molecule has 1 unspecified atom stereocenters. The molecule has 0 spiro atoms. The predicted octanol–water partition coefficient (Wildman–Crippen LogP) is 0.508. The Morgan fingerprint density at radius 1 is 1.45 bits per heavy atom. The minimum atomic E-state index is -0.407. The predicted molar refractivity (Wildman–Crippen MR) is 74.2 cm³/mol. The minimum Gasteiger partial charge on any atom is -0.396 e. The number of nitrogens with one attached hydrogen (secondary N) is 2. The lowest BCUT2D eigenvalue weighted by atomic mass is 10.00. The monoisotopic (exact) mass is 279 g/mol. The van der Waals surface area contributed by atoms with Crippen LogP contribution in [0.2, 0.25) is 0 Å². The van der Waals surface area contributed by atoms with Crippen molar-refractivity contribution in [3.05, 3.63) is 24.0 Å². The van der Waals surface area contributed by atoms with Crippen molar-refractivity contribution < 1.29 is 14.7 Å². The number of nitrogens with zero attached hydrogens (tertiary/aromatic N) is 1. The van der Waals surface area contributed by atoms with E-state index in [0.29, 0.717) is 12.1 Å². The van der Waals surface area contributed by atoms with E-state index in [-0.39, 0.29) is 25.1 Å². The molecule has 1 aromatic heterocycles. The number of H-pyrrole nitrogens is 1. The van der Waals surface area contributed by atoms with E-state index in [1.807, 2.05) is 0 Å². The first-order valence-electron chi connectivity index (χ1n) is 7.03. The van der Waals surface area contributed by atoms with E-state index in [1.54, 1.807) is 18.3 Å². The normalized spacial score (nSPS) is 19.8. The third-order valence-electron chi connectivity index (χ3n) is 3.65. The number of hydrogen-bond acceptors (Lipinski definition) is 4. The van der Waals surface area contributed by atoms with Gasteiger partial charge in [0, 0.05) is 18.8 Å². The Morgan fingerprint density at radius 3 is 3.00 bits per heavy atom. The highest BCUT2D eigenvalue weighted by molar-refractivity contribution is 6.04. The maximum Gasteiger partial charge on any atom is 0.274 e. The molecule has 6 heteroatoms. The zero-order valence-electron chi connectivity index (χ0n) is 11.5. The van der Waals surface area contributed by atoms with Crippen molar-refractivity contribution in [2.75, 3.05) is 19.7 Å². The van der Waals surface area contributed by atoms with Crippen molar-refractivity contribution in [2.45, 2.75) is 31.7 Å². The zero-order chi connectivity index (χ0) is 14.4. The van der Waals surface area contributed by atoms with Crippen LogP contribution in [-0.2, 0) is 4.79 Å². The molecule has 3 N–H and O–H groups in total. The molecule has 0 bridgehead atoms. The lowest BCUT2D eigenvalue weighted by molar-refractivity contribution is -0.122.